The molecule has 3 rings (SSSR count). The predicted octanol–water partition coefficient (Wildman–Crippen LogP) is 9.50. The minimum atomic E-state index is -3.78. The maximum Gasteiger partial charge on any atom is 0.302 e. The zero-order valence-electron chi connectivity index (χ0n) is 23.2. The number of benzene rings is 1. The molecule has 1 aliphatic carbocycles. The molecule has 2 atom stereocenters. The zero-order chi connectivity index (χ0) is 28.3. The second-order valence-corrected chi connectivity index (χ2v) is 10.5. The van der Waals surface area contributed by atoms with Crippen LogP contribution in [0.1, 0.15) is 102 Å². The van der Waals surface area contributed by atoms with Gasteiger partial charge in [0, 0.05) is 5.56 Å². The SMILES string of the molecule is CCCCCCCCOc1ccc(-c2cc3c(c(F)c2F)C(F)(F)C(OCC(F)CCCCCC)CC3)nc1. The molecular weight excluding hydrogens is 513 g/mol. The molecule has 2 aromatic rings. The molecule has 8 heteroatoms. The van der Waals surface area contributed by atoms with Gasteiger partial charge in [0.05, 0.1) is 30.7 Å². The molecule has 0 radical (unpaired) electrons. The monoisotopic (exact) mass is 555 g/mol. The van der Waals surface area contributed by atoms with E-state index < -0.39 is 42.0 Å². The molecule has 1 aromatic carbocycles. The molecule has 0 aliphatic heterocycles. The number of alkyl halides is 3. The second kappa shape index (κ2) is 15.5. The highest BCUT2D eigenvalue weighted by atomic mass is 19.3. The Hall–Kier alpha value is -2.22. The van der Waals surface area contributed by atoms with E-state index in [4.69, 9.17) is 9.47 Å². The van der Waals surface area contributed by atoms with Crippen LogP contribution in [-0.2, 0) is 17.1 Å². The zero-order valence-corrected chi connectivity index (χ0v) is 23.2. The lowest BCUT2D eigenvalue weighted by molar-refractivity contribution is -0.160. The van der Waals surface area contributed by atoms with Crippen molar-refractivity contribution in [3.05, 3.63) is 47.2 Å². The molecule has 39 heavy (non-hydrogen) atoms. The normalized spacial score (nSPS) is 17.2. The lowest BCUT2D eigenvalue weighted by Gasteiger charge is -2.34. The van der Waals surface area contributed by atoms with Crippen molar-refractivity contribution in [2.75, 3.05) is 13.2 Å². The number of aromatic nitrogens is 1. The van der Waals surface area contributed by atoms with E-state index in [0.29, 0.717) is 18.8 Å². The van der Waals surface area contributed by atoms with Crippen molar-refractivity contribution < 1.29 is 31.4 Å². The van der Waals surface area contributed by atoms with E-state index in [9.17, 15) is 4.39 Å². The van der Waals surface area contributed by atoms with Crippen LogP contribution >= 0.6 is 0 Å². The number of ether oxygens (including phenoxy) is 2. The fourth-order valence-electron chi connectivity index (χ4n) is 5.03. The maximum atomic E-state index is 15.2. The number of halogens is 5. The third kappa shape index (κ3) is 8.63. The summed E-state index contributed by atoms with van der Waals surface area (Å²) in [7, 11) is 0. The fourth-order valence-corrected chi connectivity index (χ4v) is 5.03. The van der Waals surface area contributed by atoms with E-state index in [1.54, 1.807) is 6.07 Å². The van der Waals surface area contributed by atoms with Gasteiger partial charge in [-0.3, -0.25) is 4.98 Å². The van der Waals surface area contributed by atoms with Crippen LogP contribution in [0.5, 0.6) is 5.75 Å². The molecule has 1 aliphatic rings. The van der Waals surface area contributed by atoms with Crippen LogP contribution in [0.15, 0.2) is 24.4 Å². The molecule has 1 heterocycles. The van der Waals surface area contributed by atoms with Crippen LogP contribution in [0.4, 0.5) is 22.0 Å². The van der Waals surface area contributed by atoms with Crippen molar-refractivity contribution in [3.8, 4) is 17.0 Å². The van der Waals surface area contributed by atoms with Gasteiger partial charge in [-0.05, 0) is 49.4 Å². The van der Waals surface area contributed by atoms with Crippen LogP contribution in [0.25, 0.3) is 11.3 Å². The molecular formula is C31H42F5NO2. The summed E-state index contributed by atoms with van der Waals surface area (Å²) < 4.78 is 85.7. The summed E-state index contributed by atoms with van der Waals surface area (Å²) in [6, 6.07) is 4.35. The summed E-state index contributed by atoms with van der Waals surface area (Å²) in [4.78, 5) is 4.19. The lowest BCUT2D eigenvalue weighted by atomic mass is 9.84. The number of rotatable bonds is 17. The number of aryl methyl sites for hydroxylation is 1. The highest BCUT2D eigenvalue weighted by Gasteiger charge is 2.50. The first-order valence-electron chi connectivity index (χ1n) is 14.5. The number of pyridine rings is 1. The molecule has 0 saturated carbocycles. The Morgan fingerprint density at radius 2 is 1.64 bits per heavy atom. The first-order valence-corrected chi connectivity index (χ1v) is 14.5. The topological polar surface area (TPSA) is 31.4 Å². The van der Waals surface area contributed by atoms with Gasteiger partial charge in [-0.1, -0.05) is 71.6 Å². The van der Waals surface area contributed by atoms with Gasteiger partial charge in [-0.25, -0.2) is 13.2 Å². The van der Waals surface area contributed by atoms with E-state index in [1.165, 1.54) is 44.0 Å². The average molecular weight is 556 g/mol. The van der Waals surface area contributed by atoms with E-state index >= 15 is 17.6 Å². The average Bonchev–Trinajstić information content (AvgIpc) is 2.92. The van der Waals surface area contributed by atoms with Gasteiger partial charge in [0.2, 0.25) is 0 Å². The van der Waals surface area contributed by atoms with Crippen LogP contribution in [0, 0.1) is 11.6 Å². The smallest absolute Gasteiger partial charge is 0.302 e. The quantitative estimate of drug-likeness (QED) is 0.144. The van der Waals surface area contributed by atoms with E-state index in [1.807, 2.05) is 6.92 Å². The summed E-state index contributed by atoms with van der Waals surface area (Å²) in [6.07, 6.45) is 8.87. The fraction of sp³-hybridized carbons (Fsp3) is 0.645. The Balaban J connectivity index is 1.62. The largest absolute Gasteiger partial charge is 0.492 e. The molecule has 218 valence electrons. The highest BCUT2D eigenvalue weighted by molar-refractivity contribution is 5.63. The van der Waals surface area contributed by atoms with Gasteiger partial charge >= 0.3 is 5.92 Å². The molecule has 0 spiro atoms. The van der Waals surface area contributed by atoms with Gasteiger partial charge < -0.3 is 9.47 Å². The maximum absolute atomic E-state index is 15.2. The Morgan fingerprint density at radius 1 is 0.949 bits per heavy atom. The number of nitrogens with zero attached hydrogens (tertiary/aromatic N) is 1. The summed E-state index contributed by atoms with van der Waals surface area (Å²) in [5, 5.41) is 0. The Morgan fingerprint density at radius 3 is 2.33 bits per heavy atom. The Kier molecular flexibility index (Phi) is 12.5. The summed E-state index contributed by atoms with van der Waals surface area (Å²) in [5.41, 5.74) is -1.04. The van der Waals surface area contributed by atoms with E-state index in [0.717, 1.165) is 32.1 Å². The Labute approximate surface area is 229 Å². The summed E-state index contributed by atoms with van der Waals surface area (Å²) in [5.74, 6) is -6.26. The van der Waals surface area contributed by atoms with Gasteiger partial charge in [-0.2, -0.15) is 8.78 Å². The number of hydrogen-bond donors (Lipinski definition) is 0. The minimum Gasteiger partial charge on any atom is -0.492 e. The number of fused-ring (bicyclic) bond motifs is 1. The lowest BCUT2D eigenvalue weighted by Crippen LogP contribution is -2.40. The molecule has 0 N–H and O–H groups in total. The third-order valence-electron chi connectivity index (χ3n) is 7.33. The van der Waals surface area contributed by atoms with E-state index in [-0.39, 0.29) is 36.1 Å². The van der Waals surface area contributed by atoms with Crippen molar-refractivity contribution >= 4 is 0 Å². The van der Waals surface area contributed by atoms with Gasteiger partial charge in [0.15, 0.2) is 11.6 Å². The van der Waals surface area contributed by atoms with Crippen molar-refractivity contribution in [2.24, 2.45) is 0 Å². The van der Waals surface area contributed by atoms with Crippen molar-refractivity contribution in [1.82, 2.24) is 4.98 Å². The molecule has 0 fully saturated rings. The van der Waals surface area contributed by atoms with Gasteiger partial charge in [0.25, 0.3) is 0 Å². The molecule has 1 aromatic heterocycles. The van der Waals surface area contributed by atoms with Crippen LogP contribution < -0.4 is 4.74 Å². The predicted molar refractivity (Wildman–Crippen MR) is 144 cm³/mol. The van der Waals surface area contributed by atoms with Crippen LogP contribution in [-0.4, -0.2) is 30.5 Å². The van der Waals surface area contributed by atoms with Gasteiger partial charge in [0.1, 0.15) is 18.0 Å². The van der Waals surface area contributed by atoms with Crippen molar-refractivity contribution in [3.63, 3.8) is 0 Å². The second-order valence-electron chi connectivity index (χ2n) is 10.5. The van der Waals surface area contributed by atoms with Gasteiger partial charge in [-0.15, -0.1) is 0 Å². The molecule has 2 unspecified atom stereocenters. The number of hydrogen-bond acceptors (Lipinski definition) is 3. The van der Waals surface area contributed by atoms with E-state index in [2.05, 4.69) is 11.9 Å². The summed E-state index contributed by atoms with van der Waals surface area (Å²) in [6.45, 7) is 4.27. The van der Waals surface area contributed by atoms with Crippen LogP contribution in [0.3, 0.4) is 0 Å². The molecule has 3 nitrogen and oxygen atoms in total. The van der Waals surface area contributed by atoms with Crippen molar-refractivity contribution in [1.29, 1.82) is 0 Å². The molecule has 0 bridgehead atoms. The third-order valence-corrected chi connectivity index (χ3v) is 7.33. The highest BCUT2D eigenvalue weighted by Crippen LogP contribution is 2.45. The number of unbranched alkanes of at least 4 members (excludes halogenated alkanes) is 8. The van der Waals surface area contributed by atoms with Crippen molar-refractivity contribution in [2.45, 2.75) is 116 Å². The van der Waals surface area contributed by atoms with Crippen LogP contribution in [0.2, 0.25) is 0 Å². The first-order chi connectivity index (χ1) is 18.8. The molecule has 0 amide bonds. The first kappa shape index (κ1) is 31.3. The summed E-state index contributed by atoms with van der Waals surface area (Å²) >= 11 is 0. The standard InChI is InChI=1S/C31H42F5NO2/c1-3-5-7-9-10-12-18-38-24-15-16-26(37-20-24)25-19-22-14-17-27(31(35,36)28(22)30(34)29(25)33)39-21-23(32)13-11-8-6-4-2/h15-16,19-20,23,27H,3-14,17-18,21H2,1-2H3. The molecule has 0 saturated heterocycles. The minimum absolute atomic E-state index is 0.00955. The Bertz CT molecular complexity index is 1020.